The highest BCUT2D eigenvalue weighted by Gasteiger charge is 2.40. The molecular formula is C23H34N2O8S. The van der Waals surface area contributed by atoms with Gasteiger partial charge in [0.2, 0.25) is 5.91 Å². The fraction of sp³-hybridized carbons (Fsp3) is 0.478. The molecule has 11 heteroatoms. The van der Waals surface area contributed by atoms with Crippen molar-refractivity contribution < 1.29 is 39.6 Å². The lowest BCUT2D eigenvalue weighted by Crippen LogP contribution is -2.42. The van der Waals surface area contributed by atoms with Crippen LogP contribution in [0.15, 0.2) is 36.4 Å². The minimum absolute atomic E-state index is 0.0248. The molecule has 0 saturated heterocycles. The zero-order chi connectivity index (χ0) is 26.0. The molecule has 0 atom stereocenters. The Labute approximate surface area is 203 Å². The third-order valence-corrected chi connectivity index (χ3v) is 5.47. The average Bonchev–Trinajstić information content (AvgIpc) is 2.77. The Morgan fingerprint density at radius 2 is 1.53 bits per heavy atom. The van der Waals surface area contributed by atoms with E-state index in [1.807, 2.05) is 48.2 Å². The molecule has 1 amide bonds. The second kappa shape index (κ2) is 17.6. The number of hydrogen-bond acceptors (Lipinski definition) is 7. The van der Waals surface area contributed by atoms with Gasteiger partial charge in [0.15, 0.2) is 5.60 Å². The fourth-order valence-electron chi connectivity index (χ4n) is 2.59. The number of hydrogen-bond donors (Lipinski definition) is 5. The summed E-state index contributed by atoms with van der Waals surface area (Å²) < 4.78 is 0. The molecule has 1 aromatic carbocycles. The smallest absolute Gasteiger partial charge is 0.336 e. The summed E-state index contributed by atoms with van der Waals surface area (Å²) in [6.45, 7) is 8.44. The Morgan fingerprint density at radius 1 is 0.971 bits per heavy atom. The van der Waals surface area contributed by atoms with E-state index in [-0.39, 0.29) is 5.91 Å². The summed E-state index contributed by atoms with van der Waals surface area (Å²) in [7, 11) is 0. The first-order chi connectivity index (χ1) is 16.0. The van der Waals surface area contributed by atoms with Gasteiger partial charge >= 0.3 is 17.9 Å². The normalized spacial score (nSPS) is 11.1. The Morgan fingerprint density at radius 3 is 2.00 bits per heavy atom. The summed E-state index contributed by atoms with van der Waals surface area (Å²) >= 11 is 1.89. The zero-order valence-corrected chi connectivity index (χ0v) is 20.3. The quantitative estimate of drug-likeness (QED) is 0.177. The van der Waals surface area contributed by atoms with Crippen molar-refractivity contribution in [1.82, 2.24) is 10.2 Å². The molecule has 0 spiro atoms. The van der Waals surface area contributed by atoms with Gasteiger partial charge in [-0.25, -0.2) is 4.79 Å². The molecule has 0 heterocycles. The van der Waals surface area contributed by atoms with Crippen LogP contribution in [-0.2, 0) is 19.2 Å². The molecule has 0 unspecified atom stereocenters. The number of carboxylic acids is 3. The van der Waals surface area contributed by atoms with Gasteiger partial charge in [-0.3, -0.25) is 14.4 Å². The number of aliphatic hydroxyl groups is 1. The summed E-state index contributed by atoms with van der Waals surface area (Å²) in [5.74, 6) is -2.96. The summed E-state index contributed by atoms with van der Waals surface area (Å²) in [5, 5.41) is 36.7. The maximum atomic E-state index is 11.6. The number of nitrogens with one attached hydrogen (secondary N) is 1. The number of carbonyl (C=O) groups is 4. The Kier molecular flexibility index (Phi) is 16.1. The minimum Gasteiger partial charge on any atom is -0.481 e. The van der Waals surface area contributed by atoms with Crippen LogP contribution in [0.3, 0.4) is 0 Å². The number of carbonyl (C=O) groups excluding carboxylic acids is 1. The predicted octanol–water partition coefficient (Wildman–Crippen LogP) is 1.64. The van der Waals surface area contributed by atoms with Crippen molar-refractivity contribution >= 4 is 41.7 Å². The minimum atomic E-state index is -2.74. The average molecular weight is 499 g/mol. The highest BCUT2D eigenvalue weighted by atomic mass is 32.2. The fourth-order valence-corrected chi connectivity index (χ4v) is 3.43. The molecule has 0 fully saturated rings. The lowest BCUT2D eigenvalue weighted by molar-refractivity contribution is -0.170. The first-order valence-electron chi connectivity index (χ1n) is 10.7. The summed E-state index contributed by atoms with van der Waals surface area (Å²) in [6.07, 6.45) is 1.14. The standard InChI is InChI=1S/C17H26N2OS.C6H8O7/c1-3-19(4-2)13-15-21-14-12-18-17(20)11-10-16-8-6-5-7-9-16;7-3(8)1-6(13,5(11)12)2-4(9)10/h5-11H,3-4,12-15H2,1-2H3,(H,18,20);13H,1-2H2,(H,7,8)(H,9,10)(H,11,12)/b11-10+;. The van der Waals surface area contributed by atoms with Crippen LogP contribution < -0.4 is 5.32 Å². The number of nitrogens with zero attached hydrogens (tertiary/aromatic N) is 1. The third kappa shape index (κ3) is 15.0. The van der Waals surface area contributed by atoms with Gasteiger partial charge in [0.1, 0.15) is 0 Å². The molecule has 0 bridgehead atoms. The summed E-state index contributed by atoms with van der Waals surface area (Å²) in [4.78, 5) is 44.5. The summed E-state index contributed by atoms with van der Waals surface area (Å²) in [6, 6.07) is 9.85. The molecular weight excluding hydrogens is 464 g/mol. The van der Waals surface area contributed by atoms with Crippen molar-refractivity contribution in [2.45, 2.75) is 32.3 Å². The van der Waals surface area contributed by atoms with E-state index in [2.05, 4.69) is 24.1 Å². The molecule has 1 rings (SSSR count). The summed E-state index contributed by atoms with van der Waals surface area (Å²) in [5.41, 5.74) is -1.70. The number of benzene rings is 1. The maximum absolute atomic E-state index is 11.6. The van der Waals surface area contributed by atoms with E-state index < -0.39 is 36.4 Å². The van der Waals surface area contributed by atoms with Gasteiger partial charge in [-0.1, -0.05) is 44.2 Å². The van der Waals surface area contributed by atoms with E-state index in [4.69, 9.17) is 20.4 Å². The van der Waals surface area contributed by atoms with Gasteiger partial charge in [-0.2, -0.15) is 11.8 Å². The molecule has 34 heavy (non-hydrogen) atoms. The van der Waals surface area contributed by atoms with Crippen LogP contribution >= 0.6 is 11.8 Å². The number of rotatable bonds is 15. The molecule has 0 saturated carbocycles. The van der Waals surface area contributed by atoms with Crippen molar-refractivity contribution in [3.05, 3.63) is 42.0 Å². The first-order valence-corrected chi connectivity index (χ1v) is 11.9. The number of thioether (sulfide) groups is 1. The van der Waals surface area contributed by atoms with Crippen LogP contribution in [0.25, 0.3) is 6.08 Å². The molecule has 0 aromatic heterocycles. The van der Waals surface area contributed by atoms with E-state index in [1.54, 1.807) is 6.08 Å². The SMILES string of the molecule is CCN(CC)CCSCCNC(=O)/C=C/c1ccccc1.O=C(O)CC(O)(CC(=O)O)C(=O)O. The van der Waals surface area contributed by atoms with E-state index in [0.717, 1.165) is 43.2 Å². The highest BCUT2D eigenvalue weighted by Crippen LogP contribution is 2.15. The van der Waals surface area contributed by atoms with Crippen LogP contribution in [0.1, 0.15) is 32.3 Å². The van der Waals surface area contributed by atoms with Crippen molar-refractivity contribution in [2.75, 3.05) is 37.7 Å². The molecule has 0 radical (unpaired) electrons. The molecule has 0 aliphatic carbocycles. The van der Waals surface area contributed by atoms with Crippen molar-refractivity contribution in [1.29, 1.82) is 0 Å². The van der Waals surface area contributed by atoms with E-state index >= 15 is 0 Å². The van der Waals surface area contributed by atoms with Gasteiger partial charge in [0.05, 0.1) is 12.8 Å². The van der Waals surface area contributed by atoms with Crippen LogP contribution in [0, 0.1) is 0 Å². The molecule has 0 aliphatic rings. The van der Waals surface area contributed by atoms with Gasteiger partial charge in [-0.05, 0) is 24.7 Å². The Bertz CT molecular complexity index is 781. The van der Waals surface area contributed by atoms with E-state index in [0.29, 0.717) is 0 Å². The first kappa shape index (κ1) is 31.1. The predicted molar refractivity (Wildman–Crippen MR) is 131 cm³/mol. The largest absolute Gasteiger partial charge is 0.481 e. The van der Waals surface area contributed by atoms with Gasteiger partial charge in [0.25, 0.3) is 0 Å². The molecule has 10 nitrogen and oxygen atoms in total. The maximum Gasteiger partial charge on any atom is 0.336 e. The molecule has 190 valence electrons. The van der Waals surface area contributed by atoms with Crippen molar-refractivity contribution in [3.8, 4) is 0 Å². The van der Waals surface area contributed by atoms with Crippen molar-refractivity contribution in [2.24, 2.45) is 0 Å². The van der Waals surface area contributed by atoms with Crippen LogP contribution in [0.2, 0.25) is 0 Å². The number of aliphatic carboxylic acids is 3. The third-order valence-electron chi connectivity index (χ3n) is 4.50. The second-order valence-corrected chi connectivity index (χ2v) is 8.38. The van der Waals surface area contributed by atoms with Crippen LogP contribution in [-0.4, -0.2) is 92.4 Å². The zero-order valence-electron chi connectivity index (χ0n) is 19.5. The monoisotopic (exact) mass is 498 g/mol. The topological polar surface area (TPSA) is 164 Å². The van der Waals surface area contributed by atoms with E-state index in [1.165, 1.54) is 0 Å². The lowest BCUT2D eigenvalue weighted by Gasteiger charge is -2.18. The second-order valence-electron chi connectivity index (χ2n) is 7.15. The number of carboxylic acid groups (broad SMARTS) is 3. The van der Waals surface area contributed by atoms with Gasteiger partial charge in [0, 0.05) is 30.7 Å². The van der Waals surface area contributed by atoms with Gasteiger partial charge < -0.3 is 30.6 Å². The Balaban J connectivity index is 0.000000722. The van der Waals surface area contributed by atoms with Crippen LogP contribution in [0.4, 0.5) is 0 Å². The molecule has 1 aromatic rings. The van der Waals surface area contributed by atoms with Crippen LogP contribution in [0.5, 0.6) is 0 Å². The number of amides is 1. The van der Waals surface area contributed by atoms with E-state index in [9.17, 15) is 19.2 Å². The molecule has 5 N–H and O–H groups in total. The van der Waals surface area contributed by atoms with Crippen molar-refractivity contribution in [3.63, 3.8) is 0 Å². The van der Waals surface area contributed by atoms with Gasteiger partial charge in [-0.15, -0.1) is 0 Å². The molecule has 0 aliphatic heterocycles. The highest BCUT2D eigenvalue weighted by molar-refractivity contribution is 7.99. The lowest BCUT2D eigenvalue weighted by atomic mass is 9.96. The Hall–Kier alpha value is -2.89.